The van der Waals surface area contributed by atoms with Gasteiger partial charge in [0.15, 0.2) is 0 Å². The van der Waals surface area contributed by atoms with Gasteiger partial charge in [0.2, 0.25) is 27.7 Å². The molecule has 0 saturated heterocycles. The Balaban J connectivity index is 2.31. The summed E-state index contributed by atoms with van der Waals surface area (Å²) in [5.41, 5.74) is 0.0485. The third-order valence-corrected chi connectivity index (χ3v) is 6.17. The molecule has 0 spiro atoms. The van der Waals surface area contributed by atoms with Crippen LogP contribution in [-0.2, 0) is 31.2 Å². The van der Waals surface area contributed by atoms with Crippen molar-refractivity contribution in [2.24, 2.45) is 0 Å². The van der Waals surface area contributed by atoms with E-state index < -0.39 is 36.9 Å². The first-order valence-corrected chi connectivity index (χ1v) is 12.7. The molecule has 0 aliphatic heterocycles. The summed E-state index contributed by atoms with van der Waals surface area (Å²) in [6, 6.07) is 3.88. The molecule has 1 heterocycles. The Hall–Kier alpha value is -3.50. The number of rotatable bonds is 10. The van der Waals surface area contributed by atoms with Gasteiger partial charge in [-0.05, 0) is 24.1 Å². The van der Waals surface area contributed by atoms with Crippen LogP contribution in [0, 0.1) is 0 Å². The molecule has 0 bridgehead atoms. The van der Waals surface area contributed by atoms with Crippen LogP contribution < -0.4 is 24.2 Å². The van der Waals surface area contributed by atoms with Gasteiger partial charge in [-0.25, -0.2) is 35.9 Å². The van der Waals surface area contributed by atoms with Gasteiger partial charge in [0.1, 0.15) is 4.90 Å². The summed E-state index contributed by atoms with van der Waals surface area (Å²) in [6.07, 6.45) is 1.09. The van der Waals surface area contributed by atoms with Gasteiger partial charge in [0.05, 0.1) is 39.2 Å². The Labute approximate surface area is 196 Å². The molecule has 0 saturated carbocycles. The van der Waals surface area contributed by atoms with Crippen molar-refractivity contribution in [2.75, 3.05) is 39.4 Å². The highest BCUT2D eigenvalue weighted by Gasteiger charge is 2.26. The summed E-state index contributed by atoms with van der Waals surface area (Å²) in [5.74, 6) is -1.16. The van der Waals surface area contributed by atoms with E-state index in [0.717, 1.165) is 19.4 Å². The first kappa shape index (κ1) is 26.7. The molecule has 2 aromatic rings. The summed E-state index contributed by atoms with van der Waals surface area (Å²) < 4.78 is 66.9. The largest absolute Gasteiger partial charge is 0.481 e. The molecule has 1 aromatic carbocycles. The van der Waals surface area contributed by atoms with Crippen LogP contribution in [0.25, 0.3) is 0 Å². The number of carbonyl (C=O) groups excluding carboxylic acids is 2. The maximum absolute atomic E-state index is 12.9. The molecule has 2 rings (SSSR count). The van der Waals surface area contributed by atoms with Crippen molar-refractivity contribution < 1.29 is 40.6 Å². The predicted octanol–water partition coefficient (Wildman–Crippen LogP) is -0.117. The van der Waals surface area contributed by atoms with Gasteiger partial charge in [-0.15, -0.1) is 0 Å². The summed E-state index contributed by atoms with van der Waals surface area (Å²) in [7, 11) is -4.33. The maximum Gasteiger partial charge on any atom is 0.339 e. The lowest BCUT2D eigenvalue weighted by molar-refractivity contribution is 0.0596. The molecular formula is C18H23N5O9S2. The number of hydrogen-bond donors (Lipinski definition) is 3. The second-order valence-electron chi connectivity index (χ2n) is 6.57. The molecule has 0 radical (unpaired) electrons. The number of aromatic nitrogens is 2. The topological polar surface area (TPSA) is 192 Å². The number of benzene rings is 1. The second-order valence-corrected chi connectivity index (χ2v) is 10.1. The number of sulfonamides is 2. The number of nitrogens with zero attached hydrogens (tertiary/aromatic N) is 2. The number of nitrogens with one attached hydrogen (secondary N) is 3. The average molecular weight is 518 g/mol. The van der Waals surface area contributed by atoms with E-state index in [2.05, 4.69) is 24.7 Å². The fourth-order valence-electron chi connectivity index (χ4n) is 2.58. The molecule has 0 atom stereocenters. The SMILES string of the molecule is COC(=O)c1ccc(CCNS(C)(=O)=O)cc1S(=O)(=O)NC(=O)Nc1nc(OC)cc(OC)n1. The monoisotopic (exact) mass is 517 g/mol. The lowest BCUT2D eigenvalue weighted by atomic mass is 10.1. The van der Waals surface area contributed by atoms with E-state index in [1.165, 1.54) is 32.4 Å². The highest BCUT2D eigenvalue weighted by Crippen LogP contribution is 2.20. The third-order valence-electron chi connectivity index (χ3n) is 4.07. The average Bonchev–Trinajstić information content (AvgIpc) is 2.76. The van der Waals surface area contributed by atoms with Crippen LogP contribution in [0.4, 0.5) is 10.7 Å². The predicted molar refractivity (Wildman–Crippen MR) is 119 cm³/mol. The number of methoxy groups -OCH3 is 3. The number of urea groups is 1. The fraction of sp³-hybridized carbons (Fsp3) is 0.333. The Kier molecular flexibility index (Phi) is 8.72. The third kappa shape index (κ3) is 7.53. The van der Waals surface area contributed by atoms with Crippen molar-refractivity contribution in [3.63, 3.8) is 0 Å². The highest BCUT2D eigenvalue weighted by atomic mass is 32.2. The van der Waals surface area contributed by atoms with Crippen molar-refractivity contribution in [2.45, 2.75) is 11.3 Å². The zero-order chi connectivity index (χ0) is 25.5. The number of ether oxygens (including phenoxy) is 3. The van der Waals surface area contributed by atoms with Crippen molar-refractivity contribution in [1.82, 2.24) is 19.4 Å². The van der Waals surface area contributed by atoms with E-state index in [1.807, 2.05) is 0 Å². The highest BCUT2D eigenvalue weighted by molar-refractivity contribution is 7.90. The molecule has 0 fully saturated rings. The van der Waals surface area contributed by atoms with E-state index in [9.17, 15) is 26.4 Å². The first-order chi connectivity index (χ1) is 15.9. The molecule has 2 amide bonds. The zero-order valence-corrected chi connectivity index (χ0v) is 20.2. The number of hydrogen-bond acceptors (Lipinski definition) is 11. The Bertz CT molecular complexity index is 1260. The van der Waals surface area contributed by atoms with E-state index in [-0.39, 0.29) is 36.2 Å². The minimum Gasteiger partial charge on any atom is -0.481 e. The van der Waals surface area contributed by atoms with Gasteiger partial charge in [-0.3, -0.25) is 5.32 Å². The Morgan fingerprint density at radius 1 is 0.971 bits per heavy atom. The normalized spacial score (nSPS) is 11.4. The van der Waals surface area contributed by atoms with Crippen LogP contribution in [0.2, 0.25) is 0 Å². The number of amides is 2. The van der Waals surface area contributed by atoms with E-state index in [4.69, 9.17) is 9.47 Å². The second kappa shape index (κ2) is 11.1. The van der Waals surface area contributed by atoms with Crippen molar-refractivity contribution >= 4 is 38.0 Å². The molecule has 186 valence electrons. The molecule has 16 heteroatoms. The molecule has 0 unspecified atom stereocenters. The molecule has 3 N–H and O–H groups in total. The molecule has 14 nitrogen and oxygen atoms in total. The summed E-state index contributed by atoms with van der Waals surface area (Å²) in [6.45, 7) is -0.0151. The van der Waals surface area contributed by atoms with Gasteiger partial charge in [-0.2, -0.15) is 9.97 Å². The van der Waals surface area contributed by atoms with Crippen molar-refractivity contribution in [3.05, 3.63) is 35.4 Å². The minimum absolute atomic E-state index is 0.0151. The molecule has 0 aliphatic carbocycles. The zero-order valence-electron chi connectivity index (χ0n) is 18.6. The summed E-state index contributed by atoms with van der Waals surface area (Å²) in [5, 5.41) is 2.14. The molecular weight excluding hydrogens is 494 g/mol. The van der Waals surface area contributed by atoms with Crippen molar-refractivity contribution in [1.29, 1.82) is 0 Å². The lowest BCUT2D eigenvalue weighted by Gasteiger charge is -2.13. The number of esters is 1. The smallest absolute Gasteiger partial charge is 0.339 e. The summed E-state index contributed by atoms with van der Waals surface area (Å²) in [4.78, 5) is 31.6. The molecule has 34 heavy (non-hydrogen) atoms. The first-order valence-electron chi connectivity index (χ1n) is 9.35. The van der Waals surface area contributed by atoms with E-state index >= 15 is 0 Å². The quantitative estimate of drug-likeness (QED) is 0.356. The number of carbonyl (C=O) groups is 2. The molecule has 1 aromatic heterocycles. The Morgan fingerprint density at radius 2 is 1.59 bits per heavy atom. The van der Waals surface area contributed by atoms with Crippen molar-refractivity contribution in [3.8, 4) is 11.8 Å². The van der Waals surface area contributed by atoms with Crippen LogP contribution >= 0.6 is 0 Å². The van der Waals surface area contributed by atoms with Gasteiger partial charge >= 0.3 is 12.0 Å². The molecule has 0 aliphatic rings. The van der Waals surface area contributed by atoms with Crippen LogP contribution in [0.15, 0.2) is 29.2 Å². The fourth-order valence-corrected chi connectivity index (χ4v) is 4.20. The lowest BCUT2D eigenvalue weighted by Crippen LogP contribution is -2.35. The van der Waals surface area contributed by atoms with Gasteiger partial charge in [-0.1, -0.05) is 6.07 Å². The van der Waals surface area contributed by atoms with Gasteiger partial charge < -0.3 is 14.2 Å². The van der Waals surface area contributed by atoms with Crippen LogP contribution in [0.1, 0.15) is 15.9 Å². The van der Waals surface area contributed by atoms with Crippen LogP contribution in [0.5, 0.6) is 11.8 Å². The van der Waals surface area contributed by atoms with Crippen LogP contribution in [0.3, 0.4) is 0 Å². The van der Waals surface area contributed by atoms with Gasteiger partial charge in [0.25, 0.3) is 10.0 Å². The summed E-state index contributed by atoms with van der Waals surface area (Å²) >= 11 is 0. The number of anilines is 1. The van der Waals surface area contributed by atoms with Gasteiger partial charge in [0, 0.05) is 6.54 Å². The Morgan fingerprint density at radius 3 is 2.12 bits per heavy atom. The maximum atomic E-state index is 12.9. The van der Waals surface area contributed by atoms with E-state index in [0.29, 0.717) is 5.56 Å². The van der Waals surface area contributed by atoms with E-state index in [1.54, 1.807) is 4.72 Å². The standard InChI is InChI=1S/C18H23N5O9S2/c1-30-14-10-15(31-2)21-17(20-14)22-18(25)23-34(28,29)13-9-11(7-8-19-33(4,26)27)5-6-12(13)16(24)32-3/h5-6,9-10,19H,7-8H2,1-4H3,(H2,20,21,22,23,25). The van der Waals surface area contributed by atoms with Crippen LogP contribution in [-0.4, -0.2) is 72.9 Å². The minimum atomic E-state index is -4.59.